The molecule has 6 nitrogen and oxygen atoms in total. The van der Waals surface area contributed by atoms with Crippen LogP contribution in [0.4, 0.5) is 4.79 Å². The van der Waals surface area contributed by atoms with Gasteiger partial charge in [0.05, 0.1) is 6.61 Å². The van der Waals surface area contributed by atoms with E-state index in [1.165, 1.54) is 0 Å². The number of halogens is 1. The first-order chi connectivity index (χ1) is 8.96. The maximum atomic E-state index is 11.5. The van der Waals surface area contributed by atoms with Crippen LogP contribution in [-0.2, 0) is 27.4 Å². The van der Waals surface area contributed by atoms with Crippen molar-refractivity contribution in [2.24, 2.45) is 0 Å². The highest BCUT2D eigenvalue weighted by Gasteiger charge is 2.14. The fraction of sp³-hybridized carbons (Fsp3) is 0.364. The van der Waals surface area contributed by atoms with Crippen molar-refractivity contribution in [3.05, 3.63) is 35.4 Å². The Bertz CT molecular complexity index is 533. The highest BCUT2D eigenvalue weighted by atomic mass is 35.5. The van der Waals surface area contributed by atoms with Crippen LogP contribution in [0.5, 0.6) is 0 Å². The molecule has 8 heteroatoms. The van der Waals surface area contributed by atoms with Gasteiger partial charge in [-0.1, -0.05) is 24.3 Å². The fourth-order valence-electron chi connectivity index (χ4n) is 1.31. The lowest BCUT2D eigenvalue weighted by molar-refractivity contribution is 0.158. The molecule has 0 aliphatic heterocycles. The SMILES string of the molecule is CCOC(=O)NS(=O)(=O)NCc1cccc(CCl)c1. The monoisotopic (exact) mass is 306 g/mol. The van der Waals surface area contributed by atoms with E-state index in [4.69, 9.17) is 11.6 Å². The zero-order valence-corrected chi connectivity index (χ0v) is 11.9. The molecule has 0 spiro atoms. The summed E-state index contributed by atoms with van der Waals surface area (Å²) >= 11 is 5.68. The molecular weight excluding hydrogens is 292 g/mol. The predicted molar refractivity (Wildman–Crippen MR) is 71.9 cm³/mol. The van der Waals surface area contributed by atoms with Crippen molar-refractivity contribution in [1.29, 1.82) is 0 Å². The minimum absolute atomic E-state index is 0.0550. The molecule has 1 amide bonds. The standard InChI is InChI=1S/C11H15ClN2O4S/c1-2-18-11(15)14-19(16,17)13-8-10-5-3-4-9(6-10)7-12/h3-6,13H,2,7-8H2,1H3,(H,14,15). The first kappa shape index (κ1) is 15.7. The molecule has 0 heterocycles. The molecule has 0 fully saturated rings. The van der Waals surface area contributed by atoms with Crippen molar-refractivity contribution in [3.63, 3.8) is 0 Å². The molecule has 0 saturated carbocycles. The molecule has 2 N–H and O–H groups in total. The molecule has 0 aliphatic carbocycles. The molecule has 0 bridgehead atoms. The topological polar surface area (TPSA) is 84.5 Å². The molecule has 0 atom stereocenters. The third-order valence-corrected chi connectivity index (χ3v) is 3.37. The Morgan fingerprint density at radius 2 is 2.05 bits per heavy atom. The van der Waals surface area contributed by atoms with Crippen molar-refractivity contribution in [1.82, 2.24) is 9.44 Å². The highest BCUT2D eigenvalue weighted by molar-refractivity contribution is 7.88. The first-order valence-corrected chi connectivity index (χ1v) is 7.56. The summed E-state index contributed by atoms with van der Waals surface area (Å²) in [7, 11) is -3.93. The summed E-state index contributed by atoms with van der Waals surface area (Å²) in [4.78, 5) is 11.0. The fourth-order valence-corrected chi connectivity index (χ4v) is 2.18. The second-order valence-corrected chi connectivity index (χ2v) is 5.37. The van der Waals surface area contributed by atoms with Crippen LogP contribution >= 0.6 is 11.6 Å². The first-order valence-electron chi connectivity index (χ1n) is 5.54. The number of benzene rings is 1. The van der Waals surface area contributed by atoms with E-state index >= 15 is 0 Å². The van der Waals surface area contributed by atoms with Crippen molar-refractivity contribution < 1.29 is 17.9 Å². The Morgan fingerprint density at radius 1 is 1.37 bits per heavy atom. The number of alkyl halides is 1. The number of nitrogens with one attached hydrogen (secondary N) is 2. The van der Waals surface area contributed by atoms with Crippen LogP contribution in [0, 0.1) is 0 Å². The van der Waals surface area contributed by atoms with Crippen molar-refractivity contribution in [2.45, 2.75) is 19.3 Å². The summed E-state index contributed by atoms with van der Waals surface area (Å²) in [5.41, 5.74) is 1.63. The lowest BCUT2D eigenvalue weighted by Crippen LogP contribution is -2.40. The van der Waals surface area contributed by atoms with Crippen LogP contribution in [0.2, 0.25) is 0 Å². The maximum absolute atomic E-state index is 11.5. The van der Waals surface area contributed by atoms with Gasteiger partial charge in [0.15, 0.2) is 0 Å². The van der Waals surface area contributed by atoms with Gasteiger partial charge in [0.25, 0.3) is 0 Å². The zero-order chi connectivity index (χ0) is 14.3. The summed E-state index contributed by atoms with van der Waals surface area (Å²) in [6, 6.07) is 7.14. The Hall–Kier alpha value is -1.31. The van der Waals surface area contributed by atoms with E-state index < -0.39 is 16.3 Å². The van der Waals surface area contributed by atoms with Gasteiger partial charge in [-0.25, -0.2) is 9.52 Å². The summed E-state index contributed by atoms with van der Waals surface area (Å²) in [6.07, 6.45) is -1.01. The quantitative estimate of drug-likeness (QED) is 0.780. The number of carbonyl (C=O) groups excluding carboxylic acids is 1. The van der Waals surface area contributed by atoms with Crippen LogP contribution in [-0.4, -0.2) is 21.1 Å². The number of rotatable bonds is 6. The van der Waals surface area contributed by atoms with Gasteiger partial charge >= 0.3 is 16.3 Å². The van der Waals surface area contributed by atoms with E-state index in [-0.39, 0.29) is 13.2 Å². The van der Waals surface area contributed by atoms with E-state index in [9.17, 15) is 13.2 Å². The lowest BCUT2D eigenvalue weighted by Gasteiger charge is -2.08. The van der Waals surface area contributed by atoms with Crippen LogP contribution in [0.25, 0.3) is 0 Å². The zero-order valence-electron chi connectivity index (χ0n) is 10.3. The minimum atomic E-state index is -3.93. The maximum Gasteiger partial charge on any atom is 0.421 e. The molecule has 0 aliphatic rings. The van der Waals surface area contributed by atoms with Crippen molar-refractivity contribution in [3.8, 4) is 0 Å². The number of amides is 1. The van der Waals surface area contributed by atoms with Gasteiger partial charge in [0.1, 0.15) is 0 Å². The van der Waals surface area contributed by atoms with Gasteiger partial charge in [0, 0.05) is 12.4 Å². The molecular formula is C11H15ClN2O4S. The molecule has 0 radical (unpaired) electrons. The predicted octanol–water partition coefficient (Wildman–Crippen LogP) is 1.51. The van der Waals surface area contributed by atoms with Crippen LogP contribution in [0.1, 0.15) is 18.1 Å². The molecule has 1 aromatic rings. The van der Waals surface area contributed by atoms with E-state index in [0.29, 0.717) is 5.88 Å². The molecule has 1 rings (SSSR count). The minimum Gasteiger partial charge on any atom is -0.449 e. The second-order valence-electron chi connectivity index (χ2n) is 3.60. The summed E-state index contributed by atoms with van der Waals surface area (Å²) in [6.45, 7) is 1.73. The second kappa shape index (κ2) is 7.32. The van der Waals surface area contributed by atoms with Crippen LogP contribution < -0.4 is 9.44 Å². The van der Waals surface area contributed by atoms with Gasteiger partial charge in [0.2, 0.25) is 0 Å². The Labute approximate surface area is 117 Å². The molecule has 0 aromatic heterocycles. The third-order valence-electron chi connectivity index (χ3n) is 2.11. The van der Waals surface area contributed by atoms with Gasteiger partial charge in [-0.05, 0) is 18.1 Å². The highest BCUT2D eigenvalue weighted by Crippen LogP contribution is 2.07. The molecule has 19 heavy (non-hydrogen) atoms. The van der Waals surface area contributed by atoms with Crippen molar-refractivity contribution in [2.75, 3.05) is 6.61 Å². The molecule has 0 unspecified atom stereocenters. The van der Waals surface area contributed by atoms with Gasteiger partial charge < -0.3 is 4.74 Å². The Balaban J connectivity index is 2.57. The van der Waals surface area contributed by atoms with E-state index in [1.54, 1.807) is 29.8 Å². The van der Waals surface area contributed by atoms with Gasteiger partial charge in [-0.15, -0.1) is 11.6 Å². The summed E-state index contributed by atoms with van der Waals surface area (Å²) < 4.78 is 31.4. The van der Waals surface area contributed by atoms with Crippen LogP contribution in [0.15, 0.2) is 24.3 Å². The van der Waals surface area contributed by atoms with Gasteiger partial charge in [-0.2, -0.15) is 13.1 Å². The van der Waals surface area contributed by atoms with E-state index in [0.717, 1.165) is 11.1 Å². The van der Waals surface area contributed by atoms with Crippen LogP contribution in [0.3, 0.4) is 0 Å². The van der Waals surface area contributed by atoms with E-state index in [2.05, 4.69) is 9.46 Å². The number of carbonyl (C=O) groups is 1. The molecule has 106 valence electrons. The van der Waals surface area contributed by atoms with Crippen molar-refractivity contribution >= 4 is 27.9 Å². The summed E-state index contributed by atoms with van der Waals surface area (Å²) in [5, 5.41) is 0. The average Bonchev–Trinajstić information content (AvgIpc) is 2.36. The number of hydrogen-bond donors (Lipinski definition) is 2. The average molecular weight is 307 g/mol. The number of hydrogen-bond acceptors (Lipinski definition) is 4. The largest absolute Gasteiger partial charge is 0.449 e. The molecule has 1 aromatic carbocycles. The Morgan fingerprint density at radius 3 is 2.68 bits per heavy atom. The summed E-state index contributed by atoms with van der Waals surface area (Å²) in [5.74, 6) is 0.349. The van der Waals surface area contributed by atoms with Gasteiger partial charge in [-0.3, -0.25) is 0 Å². The smallest absolute Gasteiger partial charge is 0.421 e. The normalized spacial score (nSPS) is 11.1. The third kappa shape index (κ3) is 5.91. The Kier molecular flexibility index (Phi) is 6.07. The molecule has 0 saturated heterocycles. The van der Waals surface area contributed by atoms with E-state index in [1.807, 2.05) is 6.07 Å². The lowest BCUT2D eigenvalue weighted by atomic mass is 10.1. The number of ether oxygens (including phenoxy) is 1.